The number of hydrogen-bond donors (Lipinski definition) is 0. The molecule has 0 aromatic carbocycles. The van der Waals surface area contributed by atoms with Gasteiger partial charge >= 0.3 is 0 Å². The lowest BCUT2D eigenvalue weighted by Gasteiger charge is -2.34. The third kappa shape index (κ3) is 3.64. The van der Waals surface area contributed by atoms with Crippen LogP contribution in [-0.2, 0) is 22.5 Å². The van der Waals surface area contributed by atoms with Crippen LogP contribution in [0.25, 0.3) is 11.4 Å². The molecular formula is C20H25N5O2. The Morgan fingerprint density at radius 3 is 2.63 bits per heavy atom. The van der Waals surface area contributed by atoms with Crippen LogP contribution in [0.1, 0.15) is 24.1 Å². The maximum atomic E-state index is 12.9. The molecule has 0 spiro atoms. The molecule has 2 aliphatic rings. The fourth-order valence-electron chi connectivity index (χ4n) is 3.80. The Morgan fingerprint density at radius 2 is 1.93 bits per heavy atom. The number of pyridine rings is 1. The molecule has 0 radical (unpaired) electrons. The minimum Gasteiger partial charge on any atom is -0.381 e. The molecule has 0 N–H and O–H groups in total. The minimum absolute atomic E-state index is 0.0788. The second-order valence-corrected chi connectivity index (χ2v) is 7.32. The number of anilines is 1. The van der Waals surface area contributed by atoms with Gasteiger partial charge in [-0.15, -0.1) is 0 Å². The third-order valence-corrected chi connectivity index (χ3v) is 5.29. The minimum atomic E-state index is 0.0788. The molecule has 7 nitrogen and oxygen atoms in total. The van der Waals surface area contributed by atoms with Crippen LogP contribution in [0.15, 0.2) is 24.5 Å². The molecule has 1 fully saturated rings. The SMILES string of the molecule is CN(C)c1nc(-c2ccncc2)nc2c1CCN(C(=O)C1CCOCC1)C2. The van der Waals surface area contributed by atoms with Crippen LogP contribution in [0.4, 0.5) is 5.82 Å². The Hall–Kier alpha value is -2.54. The molecule has 4 rings (SSSR count). The predicted octanol–water partition coefficient (Wildman–Crippen LogP) is 1.92. The van der Waals surface area contributed by atoms with Crippen LogP contribution < -0.4 is 4.90 Å². The van der Waals surface area contributed by atoms with Gasteiger partial charge in [0.1, 0.15) is 5.82 Å². The van der Waals surface area contributed by atoms with Crippen molar-refractivity contribution in [3.8, 4) is 11.4 Å². The van der Waals surface area contributed by atoms with Gasteiger partial charge in [0.25, 0.3) is 0 Å². The van der Waals surface area contributed by atoms with E-state index >= 15 is 0 Å². The van der Waals surface area contributed by atoms with Crippen molar-refractivity contribution in [2.24, 2.45) is 5.92 Å². The molecule has 142 valence electrons. The van der Waals surface area contributed by atoms with Crippen molar-refractivity contribution in [3.63, 3.8) is 0 Å². The van der Waals surface area contributed by atoms with Crippen molar-refractivity contribution >= 4 is 11.7 Å². The Balaban J connectivity index is 1.65. The van der Waals surface area contributed by atoms with Crippen molar-refractivity contribution in [3.05, 3.63) is 35.8 Å². The first-order chi connectivity index (χ1) is 13.1. The molecule has 0 atom stereocenters. The summed E-state index contributed by atoms with van der Waals surface area (Å²) in [6.07, 6.45) is 5.91. The number of hydrogen-bond acceptors (Lipinski definition) is 6. The van der Waals surface area contributed by atoms with Crippen LogP contribution in [0.2, 0.25) is 0 Å². The van der Waals surface area contributed by atoms with Gasteiger partial charge in [-0.05, 0) is 31.4 Å². The van der Waals surface area contributed by atoms with E-state index in [2.05, 4.69) is 4.98 Å². The van der Waals surface area contributed by atoms with E-state index in [1.807, 2.05) is 36.0 Å². The second-order valence-electron chi connectivity index (χ2n) is 7.32. The first-order valence-electron chi connectivity index (χ1n) is 9.47. The number of nitrogens with zero attached hydrogens (tertiary/aromatic N) is 5. The highest BCUT2D eigenvalue weighted by Crippen LogP contribution is 2.29. The molecule has 1 saturated heterocycles. The van der Waals surface area contributed by atoms with Crippen molar-refractivity contribution in [1.29, 1.82) is 0 Å². The maximum absolute atomic E-state index is 12.9. The van der Waals surface area contributed by atoms with Gasteiger partial charge in [-0.3, -0.25) is 9.78 Å². The van der Waals surface area contributed by atoms with Crippen LogP contribution in [0.3, 0.4) is 0 Å². The van der Waals surface area contributed by atoms with Gasteiger partial charge in [0, 0.05) is 63.3 Å². The van der Waals surface area contributed by atoms with Gasteiger partial charge < -0.3 is 14.5 Å². The number of rotatable bonds is 3. The molecule has 4 heterocycles. The van der Waals surface area contributed by atoms with Crippen molar-refractivity contribution in [2.75, 3.05) is 38.8 Å². The standard InChI is InChI=1S/C20H25N5O2/c1-24(2)19-16-5-10-25(20(26)15-6-11-27-12-7-15)13-17(16)22-18(23-19)14-3-8-21-9-4-14/h3-4,8-9,15H,5-7,10-13H2,1-2H3. The highest BCUT2D eigenvalue weighted by molar-refractivity contribution is 5.79. The summed E-state index contributed by atoms with van der Waals surface area (Å²) in [5, 5.41) is 0. The topological polar surface area (TPSA) is 71.5 Å². The van der Waals surface area contributed by atoms with E-state index in [-0.39, 0.29) is 11.8 Å². The number of fused-ring (bicyclic) bond motifs is 1. The monoisotopic (exact) mass is 367 g/mol. The van der Waals surface area contributed by atoms with Gasteiger partial charge in [0.2, 0.25) is 5.91 Å². The maximum Gasteiger partial charge on any atom is 0.226 e. The van der Waals surface area contributed by atoms with E-state index in [0.717, 1.165) is 48.4 Å². The lowest BCUT2D eigenvalue weighted by atomic mass is 9.96. The summed E-state index contributed by atoms with van der Waals surface area (Å²) in [5.74, 6) is 1.93. The molecule has 2 aromatic heterocycles. The molecule has 0 bridgehead atoms. The summed E-state index contributed by atoms with van der Waals surface area (Å²) in [7, 11) is 4.00. The highest BCUT2D eigenvalue weighted by atomic mass is 16.5. The zero-order valence-electron chi connectivity index (χ0n) is 15.9. The Labute approximate surface area is 159 Å². The quantitative estimate of drug-likeness (QED) is 0.825. The van der Waals surface area contributed by atoms with Gasteiger partial charge in [0.15, 0.2) is 5.82 Å². The smallest absolute Gasteiger partial charge is 0.226 e. The van der Waals surface area contributed by atoms with E-state index < -0.39 is 0 Å². The third-order valence-electron chi connectivity index (χ3n) is 5.29. The Bertz CT molecular complexity index is 819. The van der Waals surface area contributed by atoms with Gasteiger partial charge in [-0.2, -0.15) is 0 Å². The second kappa shape index (κ2) is 7.60. The fraction of sp³-hybridized carbons (Fsp3) is 0.500. The van der Waals surface area contributed by atoms with Crippen molar-refractivity contribution in [2.45, 2.75) is 25.8 Å². The van der Waals surface area contributed by atoms with E-state index in [0.29, 0.717) is 25.6 Å². The first kappa shape index (κ1) is 17.9. The van der Waals surface area contributed by atoms with Crippen LogP contribution >= 0.6 is 0 Å². The van der Waals surface area contributed by atoms with Crippen molar-refractivity contribution < 1.29 is 9.53 Å². The van der Waals surface area contributed by atoms with E-state index in [1.165, 1.54) is 0 Å². The van der Waals surface area contributed by atoms with Crippen LogP contribution in [0, 0.1) is 5.92 Å². The lowest BCUT2D eigenvalue weighted by molar-refractivity contribution is -0.139. The Kier molecular flexibility index (Phi) is 5.03. The summed E-state index contributed by atoms with van der Waals surface area (Å²) in [6, 6.07) is 3.82. The lowest BCUT2D eigenvalue weighted by Crippen LogP contribution is -2.42. The van der Waals surface area contributed by atoms with Gasteiger partial charge in [0.05, 0.1) is 12.2 Å². The largest absolute Gasteiger partial charge is 0.381 e. The van der Waals surface area contributed by atoms with E-state index in [9.17, 15) is 4.79 Å². The number of aromatic nitrogens is 3. The van der Waals surface area contributed by atoms with Crippen molar-refractivity contribution in [1.82, 2.24) is 19.9 Å². The number of amides is 1. The predicted molar refractivity (Wildman–Crippen MR) is 102 cm³/mol. The molecule has 0 saturated carbocycles. The van der Waals surface area contributed by atoms with E-state index in [1.54, 1.807) is 12.4 Å². The summed E-state index contributed by atoms with van der Waals surface area (Å²) >= 11 is 0. The molecule has 0 unspecified atom stereocenters. The molecule has 1 amide bonds. The highest BCUT2D eigenvalue weighted by Gasteiger charge is 2.31. The average Bonchev–Trinajstić information content (AvgIpc) is 2.73. The normalized spacial score (nSPS) is 17.5. The van der Waals surface area contributed by atoms with Gasteiger partial charge in [-0.1, -0.05) is 0 Å². The molecule has 7 heteroatoms. The number of carbonyl (C=O) groups excluding carboxylic acids is 1. The molecular weight excluding hydrogens is 342 g/mol. The fourth-order valence-corrected chi connectivity index (χ4v) is 3.80. The van der Waals surface area contributed by atoms with Crippen LogP contribution in [0.5, 0.6) is 0 Å². The zero-order chi connectivity index (χ0) is 18.8. The zero-order valence-corrected chi connectivity index (χ0v) is 15.9. The summed E-state index contributed by atoms with van der Waals surface area (Å²) in [6.45, 7) is 2.63. The molecule has 27 heavy (non-hydrogen) atoms. The number of ether oxygens (including phenoxy) is 1. The van der Waals surface area contributed by atoms with E-state index in [4.69, 9.17) is 14.7 Å². The first-order valence-corrected chi connectivity index (χ1v) is 9.47. The summed E-state index contributed by atoms with van der Waals surface area (Å²) < 4.78 is 5.40. The molecule has 2 aliphatic heterocycles. The number of carbonyl (C=O) groups is 1. The molecule has 0 aliphatic carbocycles. The summed E-state index contributed by atoms with van der Waals surface area (Å²) in [4.78, 5) is 30.6. The Morgan fingerprint density at radius 1 is 1.19 bits per heavy atom. The molecule has 2 aromatic rings. The summed E-state index contributed by atoms with van der Waals surface area (Å²) in [5.41, 5.74) is 3.03. The van der Waals surface area contributed by atoms with Gasteiger partial charge in [-0.25, -0.2) is 9.97 Å². The van der Waals surface area contributed by atoms with Crippen LogP contribution in [-0.4, -0.2) is 59.6 Å². The average molecular weight is 367 g/mol.